The smallest absolute Gasteiger partial charge is 0.262 e. The maximum atomic E-state index is 12.2. The molecule has 0 aliphatic carbocycles. The van der Waals surface area contributed by atoms with Gasteiger partial charge in [0.15, 0.2) is 6.61 Å². The van der Waals surface area contributed by atoms with Gasteiger partial charge in [-0.15, -0.1) is 0 Å². The second-order valence-electron chi connectivity index (χ2n) is 6.22. The second kappa shape index (κ2) is 8.87. The summed E-state index contributed by atoms with van der Waals surface area (Å²) in [4.78, 5) is 20.5. The lowest BCUT2D eigenvalue weighted by Gasteiger charge is -2.09. The summed E-state index contributed by atoms with van der Waals surface area (Å²) in [7, 11) is 1.61. The van der Waals surface area contributed by atoms with E-state index in [-0.39, 0.29) is 12.5 Å². The molecule has 0 radical (unpaired) electrons. The first-order valence-corrected chi connectivity index (χ1v) is 9.13. The highest BCUT2D eigenvalue weighted by Gasteiger charge is 2.16. The SMILES string of the molecule is COc1ccc(-c2noc(-c3ccccc3OCC(=O)Nc3ccncc3)n2)cc1. The molecular weight excluding hydrogens is 384 g/mol. The molecule has 1 amide bonds. The van der Waals surface area contributed by atoms with Crippen molar-refractivity contribution >= 4 is 11.6 Å². The van der Waals surface area contributed by atoms with Crippen molar-refractivity contribution in [1.82, 2.24) is 15.1 Å². The summed E-state index contributed by atoms with van der Waals surface area (Å²) in [5, 5.41) is 6.78. The average molecular weight is 402 g/mol. The molecule has 2 aromatic carbocycles. The number of hydrogen-bond acceptors (Lipinski definition) is 7. The summed E-state index contributed by atoms with van der Waals surface area (Å²) in [6.45, 7) is -0.168. The van der Waals surface area contributed by atoms with Gasteiger partial charge in [0, 0.05) is 23.6 Å². The summed E-state index contributed by atoms with van der Waals surface area (Å²) in [6.07, 6.45) is 3.20. The minimum Gasteiger partial charge on any atom is -0.497 e. The van der Waals surface area contributed by atoms with Crippen LogP contribution < -0.4 is 14.8 Å². The highest BCUT2D eigenvalue weighted by atomic mass is 16.5. The molecule has 0 aliphatic heterocycles. The van der Waals surface area contributed by atoms with Crippen LogP contribution in [0.5, 0.6) is 11.5 Å². The van der Waals surface area contributed by atoms with Crippen LogP contribution in [-0.2, 0) is 4.79 Å². The summed E-state index contributed by atoms with van der Waals surface area (Å²) in [6, 6.07) is 17.9. The fraction of sp³-hybridized carbons (Fsp3) is 0.0909. The van der Waals surface area contributed by atoms with E-state index in [4.69, 9.17) is 14.0 Å². The molecule has 0 unspecified atom stereocenters. The number of amides is 1. The summed E-state index contributed by atoms with van der Waals surface area (Å²) < 4.78 is 16.3. The van der Waals surface area contributed by atoms with Crippen LogP contribution in [0.1, 0.15) is 0 Å². The number of hydrogen-bond donors (Lipinski definition) is 1. The lowest BCUT2D eigenvalue weighted by atomic mass is 10.2. The van der Waals surface area contributed by atoms with Gasteiger partial charge < -0.3 is 19.3 Å². The summed E-state index contributed by atoms with van der Waals surface area (Å²) >= 11 is 0. The maximum absolute atomic E-state index is 12.2. The van der Waals surface area contributed by atoms with Crippen LogP contribution in [0.15, 0.2) is 77.6 Å². The van der Waals surface area contributed by atoms with Gasteiger partial charge in [0.25, 0.3) is 11.8 Å². The number of para-hydroxylation sites is 1. The Morgan fingerprint density at radius 2 is 1.80 bits per heavy atom. The van der Waals surface area contributed by atoms with Gasteiger partial charge in [0.1, 0.15) is 11.5 Å². The van der Waals surface area contributed by atoms with Crippen molar-refractivity contribution in [3.8, 4) is 34.3 Å². The number of benzene rings is 2. The molecule has 0 aliphatic rings. The Labute approximate surface area is 172 Å². The number of methoxy groups -OCH3 is 1. The standard InChI is InChI=1S/C22H18N4O4/c1-28-17-8-6-15(7-9-17)21-25-22(30-26-21)18-4-2-3-5-19(18)29-14-20(27)24-16-10-12-23-13-11-16/h2-13H,14H2,1H3,(H,23,24,27). The number of anilines is 1. The van der Waals surface area contributed by atoms with Crippen LogP contribution in [0, 0.1) is 0 Å². The number of carbonyl (C=O) groups excluding carboxylic acids is 1. The Morgan fingerprint density at radius 1 is 1.03 bits per heavy atom. The van der Waals surface area contributed by atoms with E-state index in [1.165, 1.54) is 0 Å². The van der Waals surface area contributed by atoms with Crippen LogP contribution in [-0.4, -0.2) is 34.7 Å². The lowest BCUT2D eigenvalue weighted by molar-refractivity contribution is -0.118. The number of nitrogens with one attached hydrogen (secondary N) is 1. The number of rotatable bonds is 7. The fourth-order valence-corrected chi connectivity index (χ4v) is 2.74. The first-order chi connectivity index (χ1) is 14.7. The monoisotopic (exact) mass is 402 g/mol. The van der Waals surface area contributed by atoms with Crippen molar-refractivity contribution in [3.63, 3.8) is 0 Å². The zero-order chi connectivity index (χ0) is 20.8. The minimum absolute atomic E-state index is 0.168. The van der Waals surface area contributed by atoms with E-state index < -0.39 is 0 Å². The fourth-order valence-electron chi connectivity index (χ4n) is 2.74. The molecule has 30 heavy (non-hydrogen) atoms. The molecule has 0 fully saturated rings. The Morgan fingerprint density at radius 3 is 2.57 bits per heavy atom. The molecule has 0 atom stereocenters. The molecule has 4 rings (SSSR count). The molecule has 1 N–H and O–H groups in total. The number of aromatic nitrogens is 3. The normalized spacial score (nSPS) is 10.4. The van der Waals surface area contributed by atoms with E-state index in [1.54, 1.807) is 49.8 Å². The van der Waals surface area contributed by atoms with E-state index in [2.05, 4.69) is 20.4 Å². The summed E-state index contributed by atoms with van der Waals surface area (Å²) in [5.74, 6) is 1.66. The lowest BCUT2D eigenvalue weighted by Crippen LogP contribution is -2.20. The molecule has 2 aromatic heterocycles. The van der Waals surface area contributed by atoms with Crippen LogP contribution >= 0.6 is 0 Å². The van der Waals surface area contributed by atoms with Gasteiger partial charge in [-0.25, -0.2) is 0 Å². The van der Waals surface area contributed by atoms with E-state index in [0.29, 0.717) is 28.7 Å². The third-order valence-electron chi connectivity index (χ3n) is 4.21. The first kappa shape index (κ1) is 19.1. The molecule has 0 spiro atoms. The average Bonchev–Trinajstić information content (AvgIpc) is 3.29. The number of nitrogens with zero attached hydrogens (tertiary/aromatic N) is 3. The van der Waals surface area contributed by atoms with Gasteiger partial charge in [-0.3, -0.25) is 9.78 Å². The molecular formula is C22H18N4O4. The molecule has 4 aromatic rings. The predicted molar refractivity (Wildman–Crippen MR) is 110 cm³/mol. The number of pyridine rings is 1. The maximum Gasteiger partial charge on any atom is 0.262 e. The van der Waals surface area contributed by atoms with E-state index in [0.717, 1.165) is 11.3 Å². The van der Waals surface area contributed by atoms with Gasteiger partial charge in [-0.05, 0) is 48.5 Å². The zero-order valence-corrected chi connectivity index (χ0v) is 16.1. The van der Waals surface area contributed by atoms with Crippen molar-refractivity contribution in [3.05, 3.63) is 73.1 Å². The quantitative estimate of drug-likeness (QED) is 0.501. The molecule has 0 saturated carbocycles. The molecule has 0 saturated heterocycles. The molecule has 150 valence electrons. The van der Waals surface area contributed by atoms with Crippen molar-refractivity contribution in [2.45, 2.75) is 0 Å². The third kappa shape index (κ3) is 4.44. The van der Waals surface area contributed by atoms with Gasteiger partial charge in [0.2, 0.25) is 5.82 Å². The van der Waals surface area contributed by atoms with E-state index in [1.807, 2.05) is 30.3 Å². The Balaban J connectivity index is 1.48. The van der Waals surface area contributed by atoms with Gasteiger partial charge in [-0.2, -0.15) is 4.98 Å². The third-order valence-corrected chi connectivity index (χ3v) is 4.21. The van der Waals surface area contributed by atoms with E-state index >= 15 is 0 Å². The van der Waals surface area contributed by atoms with Gasteiger partial charge in [-0.1, -0.05) is 17.3 Å². The van der Waals surface area contributed by atoms with Crippen molar-refractivity contribution in [1.29, 1.82) is 0 Å². The largest absolute Gasteiger partial charge is 0.497 e. The van der Waals surface area contributed by atoms with Gasteiger partial charge >= 0.3 is 0 Å². The Hall–Kier alpha value is -4.20. The van der Waals surface area contributed by atoms with Crippen molar-refractivity contribution in [2.24, 2.45) is 0 Å². The zero-order valence-electron chi connectivity index (χ0n) is 16.1. The van der Waals surface area contributed by atoms with Crippen LogP contribution in [0.2, 0.25) is 0 Å². The van der Waals surface area contributed by atoms with Crippen molar-refractivity contribution < 1.29 is 18.8 Å². The van der Waals surface area contributed by atoms with Crippen molar-refractivity contribution in [2.75, 3.05) is 19.0 Å². The van der Waals surface area contributed by atoms with E-state index in [9.17, 15) is 4.79 Å². The highest BCUT2D eigenvalue weighted by Crippen LogP contribution is 2.30. The van der Waals surface area contributed by atoms with Crippen LogP contribution in [0.25, 0.3) is 22.8 Å². The predicted octanol–water partition coefficient (Wildman–Crippen LogP) is 3.82. The number of ether oxygens (including phenoxy) is 2. The van der Waals surface area contributed by atoms with Crippen LogP contribution in [0.4, 0.5) is 5.69 Å². The van der Waals surface area contributed by atoms with Gasteiger partial charge in [0.05, 0.1) is 12.7 Å². The molecule has 8 heteroatoms. The number of carbonyl (C=O) groups is 1. The van der Waals surface area contributed by atoms with Crippen LogP contribution in [0.3, 0.4) is 0 Å². The first-order valence-electron chi connectivity index (χ1n) is 9.13. The highest BCUT2D eigenvalue weighted by molar-refractivity contribution is 5.91. The molecule has 2 heterocycles. The Kier molecular flexibility index (Phi) is 5.66. The molecule has 0 bridgehead atoms. The summed E-state index contributed by atoms with van der Waals surface area (Å²) in [5.41, 5.74) is 2.04. The second-order valence-corrected chi connectivity index (χ2v) is 6.22. The topological polar surface area (TPSA) is 99.4 Å². The Bertz CT molecular complexity index is 1130. The molecule has 8 nitrogen and oxygen atoms in total. The minimum atomic E-state index is -0.291.